The van der Waals surface area contributed by atoms with E-state index in [1.54, 1.807) is 21.8 Å². The molecule has 17 heavy (non-hydrogen) atoms. The first-order valence-corrected chi connectivity index (χ1v) is 8.29. The van der Waals surface area contributed by atoms with Crippen molar-refractivity contribution >= 4 is 38.6 Å². The van der Waals surface area contributed by atoms with Crippen LogP contribution in [0.15, 0.2) is 22.0 Å². The van der Waals surface area contributed by atoms with Gasteiger partial charge in [-0.25, -0.2) is 0 Å². The SMILES string of the molecule is NC(c1ccc(Br)s1)c1cc2c(s1)CCCC2. The number of hydrogen-bond donors (Lipinski definition) is 1. The lowest BCUT2D eigenvalue weighted by Gasteiger charge is -2.08. The monoisotopic (exact) mass is 327 g/mol. The summed E-state index contributed by atoms with van der Waals surface area (Å²) in [4.78, 5) is 4.14. The van der Waals surface area contributed by atoms with E-state index in [2.05, 4.69) is 34.1 Å². The molecule has 0 spiro atoms. The van der Waals surface area contributed by atoms with Gasteiger partial charge in [-0.15, -0.1) is 22.7 Å². The Morgan fingerprint density at radius 2 is 1.94 bits per heavy atom. The summed E-state index contributed by atoms with van der Waals surface area (Å²) in [7, 11) is 0. The van der Waals surface area contributed by atoms with E-state index in [9.17, 15) is 0 Å². The van der Waals surface area contributed by atoms with E-state index < -0.39 is 0 Å². The van der Waals surface area contributed by atoms with E-state index >= 15 is 0 Å². The maximum atomic E-state index is 6.34. The third-order valence-corrected chi connectivity index (χ3v) is 6.25. The molecular weight excluding hydrogens is 314 g/mol. The molecule has 2 heterocycles. The molecule has 0 bridgehead atoms. The van der Waals surface area contributed by atoms with Crippen LogP contribution in [0.5, 0.6) is 0 Å². The summed E-state index contributed by atoms with van der Waals surface area (Å²) in [5, 5.41) is 0. The van der Waals surface area contributed by atoms with Gasteiger partial charge >= 0.3 is 0 Å². The minimum absolute atomic E-state index is 0.0573. The van der Waals surface area contributed by atoms with Crippen LogP contribution in [0.25, 0.3) is 0 Å². The standard InChI is InChI=1S/C13H14BrNS2/c14-12-6-5-10(17-12)13(15)11-7-8-3-1-2-4-9(8)16-11/h5-7,13H,1-4,15H2. The Balaban J connectivity index is 1.91. The van der Waals surface area contributed by atoms with Crippen LogP contribution in [0.1, 0.15) is 39.1 Å². The Morgan fingerprint density at radius 1 is 1.12 bits per heavy atom. The summed E-state index contributed by atoms with van der Waals surface area (Å²) in [6, 6.07) is 6.59. The van der Waals surface area contributed by atoms with Gasteiger partial charge in [0.2, 0.25) is 0 Å². The van der Waals surface area contributed by atoms with Gasteiger partial charge in [0, 0.05) is 14.6 Å². The van der Waals surface area contributed by atoms with Crippen molar-refractivity contribution < 1.29 is 0 Å². The molecule has 1 aliphatic rings. The maximum absolute atomic E-state index is 6.34. The first-order chi connectivity index (χ1) is 8.24. The van der Waals surface area contributed by atoms with Crippen molar-refractivity contribution in [2.24, 2.45) is 5.73 Å². The minimum atomic E-state index is 0.0573. The second-order valence-electron chi connectivity index (χ2n) is 4.42. The molecule has 1 aliphatic carbocycles. The Hall–Kier alpha value is -0.160. The molecule has 0 amide bonds. The van der Waals surface area contributed by atoms with Crippen molar-refractivity contribution in [1.29, 1.82) is 0 Å². The molecule has 2 aromatic rings. The maximum Gasteiger partial charge on any atom is 0.0740 e. The molecule has 0 saturated heterocycles. The van der Waals surface area contributed by atoms with Crippen LogP contribution >= 0.6 is 38.6 Å². The molecule has 1 nitrogen and oxygen atoms in total. The Labute approximate surface area is 118 Å². The average molecular weight is 328 g/mol. The molecule has 0 radical (unpaired) electrons. The summed E-state index contributed by atoms with van der Waals surface area (Å²) < 4.78 is 1.16. The van der Waals surface area contributed by atoms with Crippen LogP contribution < -0.4 is 5.73 Å². The average Bonchev–Trinajstić information content (AvgIpc) is 2.93. The van der Waals surface area contributed by atoms with Gasteiger partial charge in [0.05, 0.1) is 9.83 Å². The number of fused-ring (bicyclic) bond motifs is 1. The summed E-state index contributed by atoms with van der Waals surface area (Å²) in [5.74, 6) is 0. The van der Waals surface area contributed by atoms with Crippen molar-refractivity contribution in [3.05, 3.63) is 42.2 Å². The largest absolute Gasteiger partial charge is 0.319 e. The zero-order valence-electron chi connectivity index (χ0n) is 9.41. The van der Waals surface area contributed by atoms with Gasteiger partial charge < -0.3 is 5.73 Å². The van der Waals surface area contributed by atoms with Gasteiger partial charge in [-0.2, -0.15) is 0 Å². The quantitative estimate of drug-likeness (QED) is 0.863. The molecule has 0 aromatic carbocycles. The smallest absolute Gasteiger partial charge is 0.0740 e. The van der Waals surface area contributed by atoms with Crippen LogP contribution in [0, 0.1) is 0 Å². The molecular formula is C13H14BrNS2. The molecule has 0 saturated carbocycles. The zero-order valence-corrected chi connectivity index (χ0v) is 12.6. The van der Waals surface area contributed by atoms with Crippen molar-refractivity contribution in [2.75, 3.05) is 0 Å². The number of rotatable bonds is 2. The summed E-state index contributed by atoms with van der Waals surface area (Å²) in [5.41, 5.74) is 7.89. The molecule has 1 unspecified atom stereocenters. The van der Waals surface area contributed by atoms with Gasteiger partial charge in [-0.05, 0) is 65.4 Å². The Morgan fingerprint density at radius 3 is 2.65 bits per heavy atom. The third kappa shape index (κ3) is 2.36. The minimum Gasteiger partial charge on any atom is -0.319 e. The summed E-state index contributed by atoms with van der Waals surface area (Å²) in [6.45, 7) is 0. The van der Waals surface area contributed by atoms with Crippen LogP contribution in [-0.4, -0.2) is 0 Å². The molecule has 0 fully saturated rings. The number of halogens is 1. The topological polar surface area (TPSA) is 26.0 Å². The highest BCUT2D eigenvalue weighted by atomic mass is 79.9. The van der Waals surface area contributed by atoms with E-state index in [-0.39, 0.29) is 6.04 Å². The molecule has 3 rings (SSSR count). The Bertz CT molecular complexity index is 506. The van der Waals surface area contributed by atoms with Gasteiger partial charge in [-0.3, -0.25) is 0 Å². The highest BCUT2D eigenvalue weighted by Gasteiger charge is 2.18. The number of aryl methyl sites for hydroxylation is 2. The summed E-state index contributed by atoms with van der Waals surface area (Å²) >= 11 is 7.15. The fourth-order valence-corrected chi connectivity index (χ4v) is 5.10. The lowest BCUT2D eigenvalue weighted by Crippen LogP contribution is -2.07. The molecule has 0 aliphatic heterocycles. The number of thiophene rings is 2. The van der Waals surface area contributed by atoms with Crippen molar-refractivity contribution in [3.8, 4) is 0 Å². The molecule has 2 aromatic heterocycles. The summed E-state index contributed by atoms with van der Waals surface area (Å²) in [6.07, 6.45) is 5.17. The normalized spacial score (nSPS) is 16.8. The molecule has 1 atom stereocenters. The van der Waals surface area contributed by atoms with E-state index in [0.717, 1.165) is 3.79 Å². The van der Waals surface area contributed by atoms with Crippen molar-refractivity contribution in [3.63, 3.8) is 0 Å². The van der Waals surface area contributed by atoms with Crippen LogP contribution in [0.2, 0.25) is 0 Å². The number of nitrogens with two attached hydrogens (primary N) is 1. The molecule has 90 valence electrons. The molecule has 2 N–H and O–H groups in total. The predicted molar refractivity (Wildman–Crippen MR) is 79.0 cm³/mol. The predicted octanol–water partition coefficient (Wildman–Crippen LogP) is 4.50. The van der Waals surface area contributed by atoms with Gasteiger partial charge in [-0.1, -0.05) is 0 Å². The van der Waals surface area contributed by atoms with Gasteiger partial charge in [0.1, 0.15) is 0 Å². The van der Waals surface area contributed by atoms with E-state index in [1.807, 2.05) is 11.3 Å². The fourth-order valence-electron chi connectivity index (χ4n) is 2.30. The second kappa shape index (κ2) is 4.84. The van der Waals surface area contributed by atoms with Crippen LogP contribution in [-0.2, 0) is 12.8 Å². The van der Waals surface area contributed by atoms with Crippen molar-refractivity contribution in [1.82, 2.24) is 0 Å². The molecule has 4 heteroatoms. The van der Waals surface area contributed by atoms with Crippen LogP contribution in [0.4, 0.5) is 0 Å². The van der Waals surface area contributed by atoms with E-state index in [1.165, 1.54) is 35.4 Å². The lowest BCUT2D eigenvalue weighted by molar-refractivity contribution is 0.696. The number of hydrogen-bond acceptors (Lipinski definition) is 3. The Kier molecular flexibility index (Phi) is 3.39. The van der Waals surface area contributed by atoms with Crippen molar-refractivity contribution in [2.45, 2.75) is 31.7 Å². The second-order valence-corrected chi connectivity index (χ2v) is 8.09. The lowest BCUT2D eigenvalue weighted by atomic mass is 9.99. The van der Waals surface area contributed by atoms with Crippen LogP contribution in [0.3, 0.4) is 0 Å². The highest BCUT2D eigenvalue weighted by Crippen LogP contribution is 2.36. The first kappa shape index (κ1) is 11.9. The van der Waals surface area contributed by atoms with Gasteiger partial charge in [0.15, 0.2) is 0 Å². The third-order valence-electron chi connectivity index (χ3n) is 3.22. The van der Waals surface area contributed by atoms with E-state index in [0.29, 0.717) is 0 Å². The fraction of sp³-hybridized carbons (Fsp3) is 0.385. The van der Waals surface area contributed by atoms with Gasteiger partial charge in [0.25, 0.3) is 0 Å². The first-order valence-electron chi connectivity index (χ1n) is 5.86. The van der Waals surface area contributed by atoms with E-state index in [4.69, 9.17) is 5.73 Å². The highest BCUT2D eigenvalue weighted by molar-refractivity contribution is 9.11. The zero-order chi connectivity index (χ0) is 11.8.